The van der Waals surface area contributed by atoms with Gasteiger partial charge in [0.25, 0.3) is 0 Å². The fourth-order valence-corrected chi connectivity index (χ4v) is 1.76. The van der Waals surface area contributed by atoms with E-state index in [0.717, 1.165) is 0 Å². The van der Waals surface area contributed by atoms with Gasteiger partial charge in [-0.15, -0.1) is 0 Å². The van der Waals surface area contributed by atoms with E-state index in [1.54, 1.807) is 12.1 Å². The molecule has 8 heteroatoms. The second-order valence-electron chi connectivity index (χ2n) is 4.40. The van der Waals surface area contributed by atoms with Gasteiger partial charge < -0.3 is 21.5 Å². The summed E-state index contributed by atoms with van der Waals surface area (Å²) in [6.45, 7) is 1.35. The highest BCUT2D eigenvalue weighted by molar-refractivity contribution is 6.34. The lowest BCUT2D eigenvalue weighted by Gasteiger charge is -2.12. The van der Waals surface area contributed by atoms with Crippen molar-refractivity contribution in [3.05, 3.63) is 23.2 Å². The monoisotopic (exact) mass is 313 g/mol. The van der Waals surface area contributed by atoms with Crippen LogP contribution in [0.5, 0.6) is 0 Å². The van der Waals surface area contributed by atoms with Crippen LogP contribution in [-0.2, 0) is 14.4 Å². The largest absolute Gasteiger partial charge is 0.481 e. The van der Waals surface area contributed by atoms with Crippen LogP contribution in [0.2, 0.25) is 5.02 Å². The zero-order valence-electron chi connectivity index (χ0n) is 11.4. The van der Waals surface area contributed by atoms with Gasteiger partial charge in [0, 0.05) is 19.0 Å². The highest BCUT2D eigenvalue weighted by Crippen LogP contribution is 2.25. The number of nitrogens with one attached hydrogen (secondary N) is 2. The SMILES string of the molecule is CC(=O)Nc1ccc(NC(=O)C(N)CCC(=O)O)cc1Cl. The highest BCUT2D eigenvalue weighted by atomic mass is 35.5. The number of amides is 2. The molecule has 0 bridgehead atoms. The van der Waals surface area contributed by atoms with Crippen molar-refractivity contribution in [1.29, 1.82) is 0 Å². The zero-order chi connectivity index (χ0) is 16.0. The summed E-state index contributed by atoms with van der Waals surface area (Å²) in [4.78, 5) is 33.1. The van der Waals surface area contributed by atoms with Crippen LogP contribution in [0.1, 0.15) is 19.8 Å². The number of hydrogen-bond donors (Lipinski definition) is 4. The maximum absolute atomic E-state index is 11.8. The number of benzene rings is 1. The second kappa shape index (κ2) is 7.61. The van der Waals surface area contributed by atoms with Gasteiger partial charge in [0.15, 0.2) is 0 Å². The lowest BCUT2D eigenvalue weighted by molar-refractivity contribution is -0.137. The van der Waals surface area contributed by atoms with Crippen LogP contribution in [-0.4, -0.2) is 28.9 Å². The average molecular weight is 314 g/mol. The standard InChI is InChI=1S/C13H16ClN3O4/c1-7(18)16-11-4-2-8(6-9(11)14)17-13(21)10(15)3-5-12(19)20/h2,4,6,10H,3,5,15H2,1H3,(H,16,18)(H,17,21)(H,19,20). The first kappa shape index (κ1) is 16.9. The third kappa shape index (κ3) is 5.80. The number of carbonyl (C=O) groups is 3. The number of rotatable bonds is 6. The Hall–Kier alpha value is -2.12. The molecule has 0 radical (unpaired) electrons. The van der Waals surface area contributed by atoms with Crippen molar-refractivity contribution in [3.63, 3.8) is 0 Å². The van der Waals surface area contributed by atoms with Crippen molar-refractivity contribution in [3.8, 4) is 0 Å². The van der Waals surface area contributed by atoms with E-state index >= 15 is 0 Å². The number of carboxylic acid groups (broad SMARTS) is 1. The molecule has 1 rings (SSSR count). The van der Waals surface area contributed by atoms with Crippen LogP contribution in [0.3, 0.4) is 0 Å². The molecule has 0 saturated heterocycles. The lowest BCUT2D eigenvalue weighted by atomic mass is 10.1. The number of carbonyl (C=O) groups excluding carboxylic acids is 2. The van der Waals surface area contributed by atoms with Crippen molar-refractivity contribution in [1.82, 2.24) is 0 Å². The van der Waals surface area contributed by atoms with Gasteiger partial charge in [0.1, 0.15) is 0 Å². The van der Waals surface area contributed by atoms with Crippen molar-refractivity contribution in [2.24, 2.45) is 5.73 Å². The minimum Gasteiger partial charge on any atom is -0.481 e. The van der Waals surface area contributed by atoms with E-state index in [1.165, 1.54) is 13.0 Å². The maximum Gasteiger partial charge on any atom is 0.303 e. The summed E-state index contributed by atoms with van der Waals surface area (Å²) in [6.07, 6.45) is -0.143. The Labute approximate surface area is 126 Å². The third-order valence-electron chi connectivity index (χ3n) is 2.55. The Morgan fingerprint density at radius 2 is 2.00 bits per heavy atom. The van der Waals surface area contributed by atoms with Gasteiger partial charge in [-0.25, -0.2) is 0 Å². The van der Waals surface area contributed by atoms with Gasteiger partial charge in [-0.1, -0.05) is 11.6 Å². The molecule has 0 fully saturated rings. The van der Waals surface area contributed by atoms with Crippen LogP contribution in [0.25, 0.3) is 0 Å². The first-order chi connectivity index (χ1) is 9.79. The second-order valence-corrected chi connectivity index (χ2v) is 4.81. The molecule has 7 nitrogen and oxygen atoms in total. The Morgan fingerprint density at radius 3 is 2.52 bits per heavy atom. The molecular weight excluding hydrogens is 298 g/mol. The Bertz CT molecular complexity index is 562. The van der Waals surface area contributed by atoms with Crippen LogP contribution in [0, 0.1) is 0 Å². The zero-order valence-corrected chi connectivity index (χ0v) is 12.1. The molecule has 5 N–H and O–H groups in total. The van der Waals surface area contributed by atoms with E-state index in [0.29, 0.717) is 11.4 Å². The van der Waals surface area contributed by atoms with Crippen molar-refractivity contribution < 1.29 is 19.5 Å². The first-order valence-electron chi connectivity index (χ1n) is 6.15. The molecule has 114 valence electrons. The Morgan fingerprint density at radius 1 is 1.33 bits per heavy atom. The van der Waals surface area contributed by atoms with Crippen LogP contribution < -0.4 is 16.4 Å². The minimum absolute atomic E-state index is 0.0406. The molecule has 0 saturated carbocycles. The molecule has 1 aromatic carbocycles. The first-order valence-corrected chi connectivity index (χ1v) is 6.52. The predicted octanol–water partition coefficient (Wildman–Crippen LogP) is 1.43. The molecule has 0 aliphatic carbocycles. The fourth-order valence-electron chi connectivity index (χ4n) is 1.53. The number of aliphatic carboxylic acids is 1. The summed E-state index contributed by atoms with van der Waals surface area (Å²) in [7, 11) is 0. The topological polar surface area (TPSA) is 122 Å². The van der Waals surface area contributed by atoms with Gasteiger partial charge in [-0.05, 0) is 24.6 Å². The summed E-state index contributed by atoms with van der Waals surface area (Å²) < 4.78 is 0. The highest BCUT2D eigenvalue weighted by Gasteiger charge is 2.15. The number of halogens is 1. The smallest absolute Gasteiger partial charge is 0.303 e. The number of hydrogen-bond acceptors (Lipinski definition) is 4. The molecule has 0 heterocycles. The van der Waals surface area contributed by atoms with E-state index in [1.807, 2.05) is 0 Å². The summed E-state index contributed by atoms with van der Waals surface area (Å²) in [5.74, 6) is -1.77. The molecule has 0 aliphatic rings. The number of anilines is 2. The summed E-state index contributed by atoms with van der Waals surface area (Å²) in [5.41, 5.74) is 6.42. The Balaban J connectivity index is 2.66. The summed E-state index contributed by atoms with van der Waals surface area (Å²) in [5, 5.41) is 13.9. The third-order valence-corrected chi connectivity index (χ3v) is 2.87. The van der Waals surface area contributed by atoms with Gasteiger partial charge in [-0.3, -0.25) is 14.4 Å². The van der Waals surface area contributed by atoms with E-state index in [4.69, 9.17) is 22.4 Å². The summed E-state index contributed by atoms with van der Waals surface area (Å²) in [6, 6.07) is 3.64. The van der Waals surface area contributed by atoms with E-state index in [9.17, 15) is 14.4 Å². The minimum atomic E-state index is -1.01. The molecule has 0 aliphatic heterocycles. The molecule has 0 aromatic heterocycles. The molecule has 0 spiro atoms. The van der Waals surface area contributed by atoms with Crippen molar-refractivity contribution >= 4 is 40.8 Å². The molecule has 1 atom stereocenters. The fraction of sp³-hybridized carbons (Fsp3) is 0.308. The van der Waals surface area contributed by atoms with Crippen molar-refractivity contribution in [2.75, 3.05) is 10.6 Å². The van der Waals surface area contributed by atoms with E-state index < -0.39 is 17.9 Å². The Kier molecular flexibility index (Phi) is 6.13. The van der Waals surface area contributed by atoms with E-state index in [2.05, 4.69) is 10.6 Å². The predicted molar refractivity (Wildman–Crippen MR) is 79.2 cm³/mol. The molecule has 1 aromatic rings. The van der Waals surface area contributed by atoms with Crippen LogP contribution in [0.4, 0.5) is 11.4 Å². The van der Waals surface area contributed by atoms with Gasteiger partial charge >= 0.3 is 5.97 Å². The lowest BCUT2D eigenvalue weighted by Crippen LogP contribution is -2.36. The maximum atomic E-state index is 11.8. The van der Waals surface area contributed by atoms with E-state index in [-0.39, 0.29) is 23.8 Å². The molecule has 21 heavy (non-hydrogen) atoms. The molecule has 1 unspecified atom stereocenters. The number of nitrogens with two attached hydrogens (primary N) is 1. The normalized spacial score (nSPS) is 11.6. The quantitative estimate of drug-likeness (QED) is 0.633. The van der Waals surface area contributed by atoms with Gasteiger partial charge in [0.2, 0.25) is 11.8 Å². The summed E-state index contributed by atoms with van der Waals surface area (Å²) >= 11 is 5.96. The van der Waals surface area contributed by atoms with Gasteiger partial charge in [-0.2, -0.15) is 0 Å². The average Bonchev–Trinajstić information content (AvgIpc) is 2.38. The molecular formula is C13H16ClN3O4. The van der Waals surface area contributed by atoms with Gasteiger partial charge in [0.05, 0.1) is 16.8 Å². The van der Waals surface area contributed by atoms with Crippen molar-refractivity contribution in [2.45, 2.75) is 25.8 Å². The molecule has 2 amide bonds. The van der Waals surface area contributed by atoms with Crippen LogP contribution in [0.15, 0.2) is 18.2 Å². The van der Waals surface area contributed by atoms with Crippen LogP contribution >= 0.6 is 11.6 Å². The number of carboxylic acids is 1.